The topological polar surface area (TPSA) is 97.5 Å². The number of hydrogen-bond acceptors (Lipinski definition) is 5. The minimum Gasteiger partial charge on any atom is -0.324 e. The molecule has 0 aliphatic rings. The highest BCUT2D eigenvalue weighted by Gasteiger charge is 2.19. The van der Waals surface area contributed by atoms with Crippen molar-refractivity contribution in [2.75, 3.05) is 12.4 Å². The van der Waals surface area contributed by atoms with Gasteiger partial charge in [-0.3, -0.25) is 19.4 Å². The molecule has 0 spiro atoms. The molecule has 7 nitrogen and oxygen atoms in total. The van der Waals surface area contributed by atoms with Gasteiger partial charge in [-0.05, 0) is 35.4 Å². The van der Waals surface area contributed by atoms with Crippen molar-refractivity contribution in [3.05, 3.63) is 95.8 Å². The molecule has 0 saturated carbocycles. The van der Waals surface area contributed by atoms with Crippen LogP contribution in [0.4, 0.5) is 5.69 Å². The Morgan fingerprint density at radius 1 is 1.03 bits per heavy atom. The van der Waals surface area contributed by atoms with Crippen molar-refractivity contribution in [3.8, 4) is 0 Å². The van der Waals surface area contributed by atoms with Crippen LogP contribution in [-0.4, -0.2) is 29.0 Å². The smallest absolute Gasteiger partial charge is 0.255 e. The zero-order valence-corrected chi connectivity index (χ0v) is 16.7. The molecule has 0 aliphatic heterocycles. The Morgan fingerprint density at radius 3 is 2.33 bits per heavy atom. The first-order chi connectivity index (χ1) is 14.6. The van der Waals surface area contributed by atoms with Crippen molar-refractivity contribution in [1.82, 2.24) is 10.0 Å². The first kappa shape index (κ1) is 21.2. The molecule has 30 heavy (non-hydrogen) atoms. The Labute approximate surface area is 175 Å². The van der Waals surface area contributed by atoms with Crippen molar-refractivity contribution in [3.63, 3.8) is 0 Å². The van der Waals surface area contributed by atoms with E-state index in [1.165, 1.54) is 12.2 Å². The van der Waals surface area contributed by atoms with Gasteiger partial charge in [0.15, 0.2) is 0 Å². The highest BCUT2D eigenvalue weighted by Crippen LogP contribution is 2.18. The Kier molecular flexibility index (Phi) is 7.26. The molecule has 0 aliphatic carbocycles. The van der Waals surface area contributed by atoms with E-state index < -0.39 is 6.04 Å². The van der Waals surface area contributed by atoms with Crippen molar-refractivity contribution >= 4 is 17.5 Å². The molecule has 7 heteroatoms. The maximum Gasteiger partial charge on any atom is 0.255 e. The second kappa shape index (κ2) is 10.3. The molecule has 0 bridgehead atoms. The maximum atomic E-state index is 12.6. The van der Waals surface area contributed by atoms with Gasteiger partial charge in [0.2, 0.25) is 5.91 Å². The fourth-order valence-electron chi connectivity index (χ4n) is 2.93. The lowest BCUT2D eigenvalue weighted by atomic mass is 10.0. The summed E-state index contributed by atoms with van der Waals surface area (Å²) in [4.78, 5) is 34.1. The van der Waals surface area contributed by atoms with Gasteiger partial charge in [-0.15, -0.1) is 0 Å². The zero-order chi connectivity index (χ0) is 21.3. The summed E-state index contributed by atoms with van der Waals surface area (Å²) in [5.41, 5.74) is 9.11. The highest BCUT2D eigenvalue weighted by molar-refractivity contribution is 6.04. The van der Waals surface area contributed by atoms with Gasteiger partial charge in [-0.2, -0.15) is 0 Å². The number of amides is 2. The first-order valence-electron chi connectivity index (χ1n) is 9.52. The van der Waals surface area contributed by atoms with E-state index in [9.17, 15) is 9.59 Å². The van der Waals surface area contributed by atoms with Crippen molar-refractivity contribution in [2.45, 2.75) is 19.0 Å². The van der Waals surface area contributed by atoms with Gasteiger partial charge < -0.3 is 11.1 Å². The van der Waals surface area contributed by atoms with Crippen LogP contribution in [0, 0.1) is 0 Å². The number of nitrogens with two attached hydrogens (primary N) is 1. The molecule has 154 valence electrons. The van der Waals surface area contributed by atoms with Gasteiger partial charge in [0.05, 0.1) is 13.7 Å². The number of hydroxylamine groups is 2. The van der Waals surface area contributed by atoms with Crippen LogP contribution in [0.15, 0.2) is 79.1 Å². The third-order valence-electron chi connectivity index (χ3n) is 4.60. The quantitative estimate of drug-likeness (QED) is 0.562. The third-order valence-corrected chi connectivity index (χ3v) is 4.60. The molecule has 0 saturated heterocycles. The van der Waals surface area contributed by atoms with Crippen LogP contribution in [0.2, 0.25) is 0 Å². The number of aromatic nitrogens is 1. The van der Waals surface area contributed by atoms with E-state index in [0.29, 0.717) is 17.8 Å². The molecule has 0 fully saturated rings. The third kappa shape index (κ3) is 5.73. The van der Waals surface area contributed by atoms with Crippen LogP contribution < -0.4 is 11.1 Å². The molecule has 2 aromatic carbocycles. The van der Waals surface area contributed by atoms with Crippen molar-refractivity contribution < 1.29 is 14.4 Å². The molecule has 1 unspecified atom stereocenters. The van der Waals surface area contributed by atoms with E-state index in [1.807, 2.05) is 30.3 Å². The molecule has 1 aromatic heterocycles. The lowest BCUT2D eigenvalue weighted by Gasteiger charge is -2.22. The van der Waals surface area contributed by atoms with Gasteiger partial charge in [0, 0.05) is 36.1 Å². The Hall–Kier alpha value is -3.55. The van der Waals surface area contributed by atoms with Crippen LogP contribution in [0.3, 0.4) is 0 Å². The number of anilines is 1. The number of rotatable bonds is 8. The summed E-state index contributed by atoms with van der Waals surface area (Å²) in [6, 6.07) is 19.4. The second-order valence-electron chi connectivity index (χ2n) is 6.72. The zero-order valence-electron chi connectivity index (χ0n) is 16.7. The predicted octanol–water partition coefficient (Wildman–Crippen LogP) is 3.31. The van der Waals surface area contributed by atoms with Gasteiger partial charge >= 0.3 is 0 Å². The number of carbonyl (C=O) groups is 2. The molecule has 3 aromatic rings. The monoisotopic (exact) mass is 404 g/mol. The standard InChI is InChI=1S/C23H24N4O3/c1-30-27(16-17-5-3-2-4-6-17)22(28)15-21(24)18-7-9-19(10-8-18)23(29)26-20-11-13-25-14-12-20/h2-14,21H,15-16,24H2,1H3,(H,25,26,29). The van der Waals surface area contributed by atoms with Gasteiger partial charge in [0.1, 0.15) is 0 Å². The van der Waals surface area contributed by atoms with Crippen LogP contribution in [0.5, 0.6) is 0 Å². The van der Waals surface area contributed by atoms with E-state index in [1.54, 1.807) is 48.8 Å². The lowest BCUT2D eigenvalue weighted by molar-refractivity contribution is -0.179. The van der Waals surface area contributed by atoms with Crippen LogP contribution in [0.1, 0.15) is 33.9 Å². The summed E-state index contributed by atoms with van der Waals surface area (Å²) in [5, 5.41) is 4.09. The van der Waals surface area contributed by atoms with E-state index in [4.69, 9.17) is 10.6 Å². The number of nitrogens with one attached hydrogen (secondary N) is 1. The summed E-state index contributed by atoms with van der Waals surface area (Å²) in [6.07, 6.45) is 3.30. The van der Waals surface area contributed by atoms with Crippen molar-refractivity contribution in [1.29, 1.82) is 0 Å². The van der Waals surface area contributed by atoms with Gasteiger partial charge in [-0.25, -0.2) is 5.06 Å². The summed E-state index contributed by atoms with van der Waals surface area (Å²) in [7, 11) is 1.46. The second-order valence-corrected chi connectivity index (χ2v) is 6.72. The summed E-state index contributed by atoms with van der Waals surface area (Å²) >= 11 is 0. The number of benzene rings is 2. The first-order valence-corrected chi connectivity index (χ1v) is 9.52. The Bertz CT molecular complexity index is 963. The van der Waals surface area contributed by atoms with E-state index in [2.05, 4.69) is 10.3 Å². The summed E-state index contributed by atoms with van der Waals surface area (Å²) in [6.45, 7) is 0.344. The fourth-order valence-corrected chi connectivity index (χ4v) is 2.93. The Morgan fingerprint density at radius 2 is 1.70 bits per heavy atom. The molecular formula is C23H24N4O3. The van der Waals surface area contributed by atoms with E-state index in [0.717, 1.165) is 11.1 Å². The lowest BCUT2D eigenvalue weighted by Crippen LogP contribution is -2.32. The largest absolute Gasteiger partial charge is 0.324 e. The molecule has 1 heterocycles. The molecule has 3 N–H and O–H groups in total. The molecule has 2 amide bonds. The highest BCUT2D eigenvalue weighted by atomic mass is 16.7. The van der Waals surface area contributed by atoms with E-state index >= 15 is 0 Å². The summed E-state index contributed by atoms with van der Waals surface area (Å²) in [5.74, 6) is -0.445. The Balaban J connectivity index is 1.58. The van der Waals surface area contributed by atoms with Crippen LogP contribution in [0.25, 0.3) is 0 Å². The fraction of sp³-hybridized carbons (Fsp3) is 0.174. The number of nitrogens with zero attached hydrogens (tertiary/aromatic N) is 2. The average molecular weight is 404 g/mol. The summed E-state index contributed by atoms with van der Waals surface area (Å²) < 4.78 is 0. The predicted molar refractivity (Wildman–Crippen MR) is 114 cm³/mol. The molecule has 3 rings (SSSR count). The molecule has 0 radical (unpaired) electrons. The average Bonchev–Trinajstić information content (AvgIpc) is 2.78. The number of pyridine rings is 1. The van der Waals surface area contributed by atoms with Gasteiger partial charge in [-0.1, -0.05) is 42.5 Å². The number of hydrogen-bond donors (Lipinski definition) is 2. The SMILES string of the molecule is CON(Cc1ccccc1)C(=O)CC(N)c1ccc(C(=O)Nc2ccncc2)cc1. The van der Waals surface area contributed by atoms with Crippen LogP contribution >= 0.6 is 0 Å². The van der Waals surface area contributed by atoms with Crippen molar-refractivity contribution in [2.24, 2.45) is 5.73 Å². The van der Waals surface area contributed by atoms with Crippen LogP contribution in [-0.2, 0) is 16.2 Å². The molecular weight excluding hydrogens is 380 g/mol. The van der Waals surface area contributed by atoms with Gasteiger partial charge in [0.25, 0.3) is 5.91 Å². The van der Waals surface area contributed by atoms with E-state index in [-0.39, 0.29) is 18.2 Å². The minimum absolute atomic E-state index is 0.0865. The normalized spacial score (nSPS) is 11.5. The maximum absolute atomic E-state index is 12.6. The molecule has 1 atom stereocenters. The minimum atomic E-state index is -0.511. The number of carbonyl (C=O) groups excluding carboxylic acids is 2.